The molecule has 1 saturated carbocycles. The quantitative estimate of drug-likeness (QED) is 0.883. The average molecular weight is 331 g/mol. The highest BCUT2D eigenvalue weighted by atomic mass is 32.2. The van der Waals surface area contributed by atoms with Crippen LogP contribution in [0.2, 0.25) is 0 Å². The number of nitrogen functional groups attached to an aromatic ring is 1. The zero-order valence-electron chi connectivity index (χ0n) is 12.4. The van der Waals surface area contributed by atoms with Crippen LogP contribution in [0, 0.1) is 11.3 Å². The Morgan fingerprint density at radius 3 is 2.35 bits per heavy atom. The van der Waals surface area contributed by atoms with Gasteiger partial charge in [-0.1, -0.05) is 12.8 Å². The second-order valence-electron chi connectivity index (χ2n) is 5.69. The molecule has 1 aliphatic carbocycles. The summed E-state index contributed by atoms with van der Waals surface area (Å²) < 4.78 is 24.1. The Morgan fingerprint density at radius 2 is 1.83 bits per heavy atom. The van der Waals surface area contributed by atoms with E-state index in [4.69, 9.17) is 10.9 Å². The van der Waals surface area contributed by atoms with Crippen LogP contribution in [-0.2, 0) is 10.0 Å². The second-order valence-corrected chi connectivity index (χ2v) is 7.25. The predicted octanol–water partition coefficient (Wildman–Crippen LogP) is 1.63. The minimum Gasteiger partial charge on any atom is -0.382 e. The maximum Gasteiger partial charge on any atom is 0.238 e. The van der Waals surface area contributed by atoms with Crippen molar-refractivity contribution in [3.05, 3.63) is 35.5 Å². The molecule has 0 spiro atoms. The predicted molar refractivity (Wildman–Crippen MR) is 85.3 cm³/mol. The molecule has 7 nitrogen and oxygen atoms in total. The number of primary sulfonamides is 1. The molecule has 3 rings (SSSR count). The lowest BCUT2D eigenvalue weighted by Crippen LogP contribution is -2.12. The van der Waals surface area contributed by atoms with E-state index in [0.717, 1.165) is 31.4 Å². The number of nitrogens with zero attached hydrogens (tertiary/aromatic N) is 3. The summed E-state index contributed by atoms with van der Waals surface area (Å²) in [5.41, 5.74) is 7.81. The lowest BCUT2D eigenvalue weighted by atomic mass is 10.0. The smallest absolute Gasteiger partial charge is 0.238 e. The van der Waals surface area contributed by atoms with Crippen molar-refractivity contribution in [3.8, 4) is 11.8 Å². The van der Waals surface area contributed by atoms with Crippen molar-refractivity contribution < 1.29 is 8.42 Å². The maximum atomic E-state index is 11.3. The van der Waals surface area contributed by atoms with Crippen molar-refractivity contribution in [1.29, 1.82) is 5.26 Å². The van der Waals surface area contributed by atoms with E-state index >= 15 is 0 Å². The van der Waals surface area contributed by atoms with Crippen molar-refractivity contribution in [3.63, 3.8) is 0 Å². The van der Waals surface area contributed by atoms with Crippen LogP contribution in [0.3, 0.4) is 0 Å². The molecule has 0 amide bonds. The van der Waals surface area contributed by atoms with Crippen LogP contribution < -0.4 is 10.9 Å². The molecule has 0 saturated heterocycles. The topological polar surface area (TPSA) is 128 Å². The molecule has 8 heteroatoms. The van der Waals surface area contributed by atoms with Crippen LogP contribution in [0.1, 0.15) is 42.9 Å². The average Bonchev–Trinajstić information content (AvgIpc) is 3.14. The number of aromatic nitrogens is 2. The molecule has 1 aromatic heterocycles. The number of hydrogen-bond acceptors (Lipinski definition) is 5. The number of anilines is 1. The Kier molecular flexibility index (Phi) is 3.83. The number of nitriles is 1. The number of hydrogen-bond donors (Lipinski definition) is 2. The van der Waals surface area contributed by atoms with Crippen LogP contribution >= 0.6 is 0 Å². The summed E-state index contributed by atoms with van der Waals surface area (Å²) in [6.07, 6.45) is 4.28. The third-order valence-corrected chi connectivity index (χ3v) is 5.14. The summed E-state index contributed by atoms with van der Waals surface area (Å²) in [7, 11) is -3.75. The summed E-state index contributed by atoms with van der Waals surface area (Å²) in [6, 6.07) is 8.08. The lowest BCUT2D eigenvalue weighted by molar-refractivity contribution is 0.598. The fourth-order valence-corrected chi connectivity index (χ4v) is 3.54. The largest absolute Gasteiger partial charge is 0.382 e. The van der Waals surface area contributed by atoms with Crippen molar-refractivity contribution in [2.24, 2.45) is 5.14 Å². The standard InChI is InChI=1S/C15H17N5O2S/c16-9-13-14(10-3-1-2-4-10)19-20(15(13)17)11-5-7-12(8-6-11)23(18,21)22/h5-8,10H,1-4,17H2,(H2,18,21,22). The summed E-state index contributed by atoms with van der Waals surface area (Å²) in [4.78, 5) is 0.0171. The minimum atomic E-state index is -3.75. The van der Waals surface area contributed by atoms with E-state index in [9.17, 15) is 13.7 Å². The Morgan fingerprint density at radius 1 is 1.22 bits per heavy atom. The van der Waals surface area contributed by atoms with Gasteiger partial charge in [-0.3, -0.25) is 0 Å². The molecule has 0 radical (unpaired) electrons. The van der Waals surface area contributed by atoms with Gasteiger partial charge in [-0.15, -0.1) is 0 Å². The van der Waals surface area contributed by atoms with Crippen LogP contribution in [-0.4, -0.2) is 18.2 Å². The van der Waals surface area contributed by atoms with Gasteiger partial charge in [-0.05, 0) is 37.1 Å². The second kappa shape index (κ2) is 5.68. The highest BCUT2D eigenvalue weighted by molar-refractivity contribution is 7.89. The molecule has 0 atom stereocenters. The van der Waals surface area contributed by atoms with Crippen molar-refractivity contribution in [2.75, 3.05) is 5.73 Å². The molecule has 0 bridgehead atoms. The Labute approximate surface area is 134 Å². The van der Waals surface area contributed by atoms with Gasteiger partial charge in [0.1, 0.15) is 17.5 Å². The van der Waals surface area contributed by atoms with E-state index < -0.39 is 10.0 Å². The van der Waals surface area contributed by atoms with Gasteiger partial charge in [-0.2, -0.15) is 10.4 Å². The summed E-state index contributed by atoms with van der Waals surface area (Å²) >= 11 is 0. The number of nitrogens with two attached hydrogens (primary N) is 2. The molecule has 1 fully saturated rings. The van der Waals surface area contributed by atoms with Gasteiger partial charge >= 0.3 is 0 Å². The molecule has 1 aromatic carbocycles. The normalized spacial score (nSPS) is 15.7. The molecule has 1 aliphatic rings. The van der Waals surface area contributed by atoms with E-state index in [2.05, 4.69) is 11.2 Å². The first-order valence-corrected chi connectivity index (χ1v) is 8.88. The molecule has 1 heterocycles. The van der Waals surface area contributed by atoms with Gasteiger partial charge in [0, 0.05) is 5.92 Å². The van der Waals surface area contributed by atoms with Gasteiger partial charge in [-0.25, -0.2) is 18.2 Å². The zero-order valence-corrected chi connectivity index (χ0v) is 13.3. The first-order valence-electron chi connectivity index (χ1n) is 7.33. The number of rotatable bonds is 3. The number of sulfonamides is 1. The van der Waals surface area contributed by atoms with E-state index in [1.807, 2.05) is 0 Å². The van der Waals surface area contributed by atoms with Gasteiger partial charge in [0.2, 0.25) is 10.0 Å². The first-order chi connectivity index (χ1) is 10.9. The summed E-state index contributed by atoms with van der Waals surface area (Å²) in [5.74, 6) is 0.537. The summed E-state index contributed by atoms with van der Waals surface area (Å²) in [5, 5.41) is 19.0. The van der Waals surface area contributed by atoms with Crippen molar-refractivity contribution in [2.45, 2.75) is 36.5 Å². The minimum absolute atomic E-state index is 0.0171. The molecular weight excluding hydrogens is 314 g/mol. The maximum absolute atomic E-state index is 11.3. The van der Waals surface area contributed by atoms with Gasteiger partial charge in [0.05, 0.1) is 16.3 Å². The third kappa shape index (κ3) is 2.81. The van der Waals surface area contributed by atoms with Gasteiger partial charge in [0.15, 0.2) is 0 Å². The Balaban J connectivity index is 2.05. The van der Waals surface area contributed by atoms with Crippen LogP contribution in [0.25, 0.3) is 5.69 Å². The van der Waals surface area contributed by atoms with Gasteiger partial charge < -0.3 is 5.73 Å². The molecule has 0 unspecified atom stereocenters. The fraction of sp³-hybridized carbons (Fsp3) is 0.333. The molecule has 0 aliphatic heterocycles. The van der Waals surface area contributed by atoms with Crippen LogP contribution in [0.5, 0.6) is 0 Å². The first kappa shape index (κ1) is 15.5. The molecule has 120 valence electrons. The third-order valence-electron chi connectivity index (χ3n) is 4.21. The highest BCUT2D eigenvalue weighted by Crippen LogP contribution is 2.37. The monoisotopic (exact) mass is 331 g/mol. The zero-order chi connectivity index (χ0) is 16.6. The molecule has 4 N–H and O–H groups in total. The van der Waals surface area contributed by atoms with E-state index in [0.29, 0.717) is 11.3 Å². The van der Waals surface area contributed by atoms with E-state index in [1.54, 1.807) is 12.1 Å². The highest BCUT2D eigenvalue weighted by Gasteiger charge is 2.26. The fourth-order valence-electron chi connectivity index (χ4n) is 3.02. The Hall–Kier alpha value is -2.37. The molecule has 23 heavy (non-hydrogen) atoms. The molecule has 2 aromatic rings. The van der Waals surface area contributed by atoms with Crippen molar-refractivity contribution in [1.82, 2.24) is 9.78 Å². The Bertz CT molecular complexity index is 872. The number of benzene rings is 1. The van der Waals surface area contributed by atoms with Gasteiger partial charge in [0.25, 0.3) is 0 Å². The van der Waals surface area contributed by atoms with Crippen LogP contribution in [0.4, 0.5) is 5.82 Å². The lowest BCUT2D eigenvalue weighted by Gasteiger charge is -2.06. The summed E-state index contributed by atoms with van der Waals surface area (Å²) in [6.45, 7) is 0. The van der Waals surface area contributed by atoms with E-state index in [-0.39, 0.29) is 16.6 Å². The molecular formula is C15H17N5O2S. The van der Waals surface area contributed by atoms with Crippen molar-refractivity contribution >= 4 is 15.8 Å². The SMILES string of the molecule is N#Cc1c(C2CCCC2)nn(-c2ccc(S(N)(=O)=O)cc2)c1N. The van der Waals surface area contributed by atoms with E-state index in [1.165, 1.54) is 16.8 Å². The van der Waals surface area contributed by atoms with Crippen LogP contribution in [0.15, 0.2) is 29.2 Å².